The maximum absolute atomic E-state index is 12.3. The Balaban J connectivity index is 1.87. The highest BCUT2D eigenvalue weighted by molar-refractivity contribution is 7.80. The molecule has 150 valence electrons. The zero-order valence-electron chi connectivity index (χ0n) is 16.5. The Kier molecular flexibility index (Phi) is 8.71. The van der Waals surface area contributed by atoms with Gasteiger partial charge in [-0.3, -0.25) is 10.1 Å². The van der Waals surface area contributed by atoms with E-state index < -0.39 is 0 Å². The Morgan fingerprint density at radius 1 is 1.00 bits per heavy atom. The minimum atomic E-state index is -0.277. The molecule has 0 aliphatic heterocycles. The van der Waals surface area contributed by atoms with Crippen LogP contribution in [0.2, 0.25) is 0 Å². The molecule has 2 aromatic carbocycles. The van der Waals surface area contributed by atoms with E-state index in [0.29, 0.717) is 24.5 Å². The van der Waals surface area contributed by atoms with Gasteiger partial charge in [-0.15, -0.1) is 0 Å². The van der Waals surface area contributed by atoms with Gasteiger partial charge in [0, 0.05) is 37.1 Å². The first-order valence-corrected chi connectivity index (χ1v) is 9.67. The zero-order chi connectivity index (χ0) is 20.4. The Hall–Kier alpha value is -2.64. The second-order valence-electron chi connectivity index (χ2n) is 5.99. The molecule has 2 N–H and O–H groups in total. The summed E-state index contributed by atoms with van der Waals surface area (Å²) in [6, 6.07) is 14.8. The van der Waals surface area contributed by atoms with E-state index in [9.17, 15) is 4.79 Å². The summed E-state index contributed by atoms with van der Waals surface area (Å²) in [6.45, 7) is 7.13. The molecule has 0 saturated heterocycles. The van der Waals surface area contributed by atoms with Crippen LogP contribution in [0.3, 0.4) is 0 Å². The fourth-order valence-electron chi connectivity index (χ4n) is 2.63. The molecule has 0 heterocycles. The molecular weight excluding hydrogens is 374 g/mol. The van der Waals surface area contributed by atoms with Crippen LogP contribution in [0.15, 0.2) is 48.5 Å². The van der Waals surface area contributed by atoms with E-state index in [4.69, 9.17) is 21.7 Å². The third-order valence-corrected chi connectivity index (χ3v) is 4.36. The van der Waals surface area contributed by atoms with Gasteiger partial charge in [0.15, 0.2) is 5.11 Å². The van der Waals surface area contributed by atoms with Gasteiger partial charge in [0.25, 0.3) is 5.91 Å². The number of benzene rings is 2. The summed E-state index contributed by atoms with van der Waals surface area (Å²) in [5, 5.41) is 5.97. The molecule has 0 atom stereocenters. The number of carbonyl (C=O) groups is 1. The van der Waals surface area contributed by atoms with Crippen molar-refractivity contribution in [3.63, 3.8) is 0 Å². The molecule has 0 fully saturated rings. The molecule has 28 heavy (non-hydrogen) atoms. The van der Waals surface area contributed by atoms with Crippen molar-refractivity contribution >= 4 is 34.6 Å². The zero-order valence-corrected chi connectivity index (χ0v) is 17.3. The summed E-state index contributed by atoms with van der Waals surface area (Å²) in [7, 11) is 1.62. The number of hydrogen-bond donors (Lipinski definition) is 2. The molecule has 0 aliphatic rings. The predicted octanol–water partition coefficient (Wildman–Crippen LogP) is 3.68. The number of nitrogens with zero attached hydrogens (tertiary/aromatic N) is 1. The topological polar surface area (TPSA) is 62.8 Å². The number of ether oxygens (including phenoxy) is 2. The average Bonchev–Trinajstić information content (AvgIpc) is 2.71. The number of anilines is 2. The van der Waals surface area contributed by atoms with Crippen molar-refractivity contribution in [3.05, 3.63) is 54.1 Å². The highest BCUT2D eigenvalue weighted by atomic mass is 32.1. The molecule has 0 aromatic heterocycles. The predicted molar refractivity (Wildman–Crippen MR) is 118 cm³/mol. The summed E-state index contributed by atoms with van der Waals surface area (Å²) in [5.74, 6) is 0.406. The summed E-state index contributed by atoms with van der Waals surface area (Å²) in [6.07, 6.45) is 0. The molecular formula is C21H27N3O3S. The van der Waals surface area contributed by atoms with Crippen molar-refractivity contribution in [3.8, 4) is 5.75 Å². The molecule has 0 unspecified atom stereocenters. The number of hydrogen-bond acceptors (Lipinski definition) is 5. The van der Waals surface area contributed by atoms with E-state index in [1.54, 1.807) is 31.4 Å². The van der Waals surface area contributed by atoms with E-state index in [0.717, 1.165) is 24.5 Å². The molecule has 2 aromatic rings. The van der Waals surface area contributed by atoms with Crippen molar-refractivity contribution in [2.24, 2.45) is 0 Å². The monoisotopic (exact) mass is 401 g/mol. The molecule has 0 bridgehead atoms. The Bertz CT molecular complexity index is 759. The number of rotatable bonds is 9. The summed E-state index contributed by atoms with van der Waals surface area (Å²) in [4.78, 5) is 14.6. The van der Waals surface area contributed by atoms with E-state index in [1.807, 2.05) is 24.3 Å². The Morgan fingerprint density at radius 2 is 1.64 bits per heavy atom. The first kappa shape index (κ1) is 21.7. The van der Waals surface area contributed by atoms with E-state index in [1.165, 1.54) is 0 Å². The minimum absolute atomic E-state index is 0.251. The smallest absolute Gasteiger partial charge is 0.257 e. The fourth-order valence-corrected chi connectivity index (χ4v) is 2.84. The van der Waals surface area contributed by atoms with Gasteiger partial charge in [-0.25, -0.2) is 0 Å². The van der Waals surface area contributed by atoms with Crippen LogP contribution in [0.1, 0.15) is 24.2 Å². The maximum Gasteiger partial charge on any atom is 0.257 e. The number of methoxy groups -OCH3 is 1. The Labute approximate surface area is 171 Å². The standard InChI is InChI=1S/C21H27N3O3S/c1-4-24(5-2)18-10-8-17(9-11-18)22-21(28)23-20(25)16-6-12-19(13-7-16)27-15-14-26-3/h6-13H,4-5,14-15H2,1-3H3,(H2,22,23,25,28). The van der Waals surface area contributed by atoms with E-state index in [-0.39, 0.29) is 11.0 Å². The minimum Gasteiger partial charge on any atom is -0.491 e. The second-order valence-corrected chi connectivity index (χ2v) is 6.40. The first-order chi connectivity index (χ1) is 13.6. The van der Waals surface area contributed by atoms with Crippen LogP contribution in [-0.4, -0.2) is 44.4 Å². The molecule has 0 spiro atoms. The number of carbonyl (C=O) groups excluding carboxylic acids is 1. The highest BCUT2D eigenvalue weighted by Crippen LogP contribution is 2.17. The normalized spacial score (nSPS) is 10.2. The van der Waals surface area contributed by atoms with Crippen LogP contribution in [0.5, 0.6) is 5.75 Å². The van der Waals surface area contributed by atoms with Gasteiger partial charge >= 0.3 is 0 Å². The summed E-state index contributed by atoms with van der Waals surface area (Å²) in [5.41, 5.74) is 2.47. The van der Waals surface area contributed by atoms with Crippen LogP contribution in [0.25, 0.3) is 0 Å². The van der Waals surface area contributed by atoms with Crippen molar-refractivity contribution in [2.75, 3.05) is 43.6 Å². The van der Waals surface area contributed by atoms with Gasteiger partial charge in [-0.1, -0.05) is 0 Å². The van der Waals surface area contributed by atoms with Gasteiger partial charge in [-0.2, -0.15) is 0 Å². The average molecular weight is 402 g/mol. The SMILES string of the molecule is CCN(CC)c1ccc(NC(=S)NC(=O)c2ccc(OCCOC)cc2)cc1. The lowest BCUT2D eigenvalue weighted by Gasteiger charge is -2.21. The number of thiocarbonyl (C=S) groups is 1. The van der Waals surface area contributed by atoms with Crippen molar-refractivity contribution in [2.45, 2.75) is 13.8 Å². The van der Waals surface area contributed by atoms with Crippen LogP contribution >= 0.6 is 12.2 Å². The van der Waals surface area contributed by atoms with Crippen LogP contribution in [-0.2, 0) is 4.74 Å². The quantitative estimate of drug-likeness (QED) is 0.494. The van der Waals surface area contributed by atoms with Crippen molar-refractivity contribution < 1.29 is 14.3 Å². The molecule has 0 saturated carbocycles. The largest absolute Gasteiger partial charge is 0.491 e. The summed E-state index contributed by atoms with van der Waals surface area (Å²) < 4.78 is 10.4. The van der Waals surface area contributed by atoms with Crippen molar-refractivity contribution in [1.82, 2.24) is 5.32 Å². The Morgan fingerprint density at radius 3 is 2.21 bits per heavy atom. The first-order valence-electron chi connectivity index (χ1n) is 9.26. The van der Waals surface area contributed by atoms with Gasteiger partial charge in [-0.05, 0) is 74.6 Å². The van der Waals surface area contributed by atoms with E-state index in [2.05, 4.69) is 29.4 Å². The highest BCUT2D eigenvalue weighted by Gasteiger charge is 2.09. The lowest BCUT2D eigenvalue weighted by atomic mass is 10.2. The van der Waals surface area contributed by atoms with Crippen LogP contribution in [0, 0.1) is 0 Å². The van der Waals surface area contributed by atoms with Gasteiger partial charge in [0.2, 0.25) is 0 Å². The lowest BCUT2D eigenvalue weighted by molar-refractivity contribution is 0.0977. The van der Waals surface area contributed by atoms with Gasteiger partial charge in [0.05, 0.1) is 6.61 Å². The molecule has 7 heteroatoms. The molecule has 1 amide bonds. The molecule has 6 nitrogen and oxygen atoms in total. The third kappa shape index (κ3) is 6.51. The third-order valence-electron chi connectivity index (χ3n) is 4.15. The van der Waals surface area contributed by atoms with Crippen LogP contribution < -0.4 is 20.3 Å². The fraction of sp³-hybridized carbons (Fsp3) is 0.333. The van der Waals surface area contributed by atoms with Gasteiger partial charge in [0.1, 0.15) is 12.4 Å². The maximum atomic E-state index is 12.3. The summed E-state index contributed by atoms with van der Waals surface area (Å²) >= 11 is 5.25. The number of nitrogens with one attached hydrogen (secondary N) is 2. The molecule has 0 radical (unpaired) electrons. The molecule has 2 rings (SSSR count). The van der Waals surface area contributed by atoms with E-state index >= 15 is 0 Å². The van der Waals surface area contributed by atoms with Crippen LogP contribution in [0.4, 0.5) is 11.4 Å². The second kappa shape index (κ2) is 11.3. The number of amides is 1. The lowest BCUT2D eigenvalue weighted by Crippen LogP contribution is -2.34. The van der Waals surface area contributed by atoms with Gasteiger partial charge < -0.3 is 19.7 Å². The van der Waals surface area contributed by atoms with Crippen molar-refractivity contribution in [1.29, 1.82) is 0 Å². The molecule has 0 aliphatic carbocycles.